The fourth-order valence-corrected chi connectivity index (χ4v) is 4.36. The smallest absolute Gasteiger partial charge is 0.147 e. The van der Waals surface area contributed by atoms with Gasteiger partial charge in [0.05, 0.1) is 30.9 Å². The molecule has 4 rings (SSSR count). The van der Waals surface area contributed by atoms with Crippen LogP contribution in [0.5, 0.6) is 0 Å². The standard InChI is InChI=1S/C22H21FN4S/c1-27(2)19(15-6-4-3-5-7-15)13-24-22-21-18(25-14-26-22)12-20(28-21)16-8-10-17(23)11-9-16/h3-12,14,19H,13H2,1-2H3,(H,24,25,26)/p+1/t19-/m1/s1. The zero-order valence-corrected chi connectivity index (χ0v) is 16.6. The first-order valence-corrected chi connectivity index (χ1v) is 10.0. The van der Waals surface area contributed by atoms with Crippen molar-refractivity contribution in [2.75, 3.05) is 26.0 Å². The summed E-state index contributed by atoms with van der Waals surface area (Å²) >= 11 is 1.62. The molecule has 0 saturated carbocycles. The lowest BCUT2D eigenvalue weighted by molar-refractivity contribution is -0.890. The third-order valence-corrected chi connectivity index (χ3v) is 5.99. The van der Waals surface area contributed by atoms with E-state index in [4.69, 9.17) is 0 Å². The highest BCUT2D eigenvalue weighted by Gasteiger charge is 2.18. The van der Waals surface area contributed by atoms with Crippen LogP contribution in [0.1, 0.15) is 11.6 Å². The average molecular weight is 394 g/mol. The molecule has 0 radical (unpaired) electrons. The number of hydrogen-bond acceptors (Lipinski definition) is 4. The van der Waals surface area contributed by atoms with Crippen LogP contribution < -0.4 is 10.2 Å². The van der Waals surface area contributed by atoms with Gasteiger partial charge in [-0.3, -0.25) is 0 Å². The summed E-state index contributed by atoms with van der Waals surface area (Å²) < 4.78 is 14.2. The molecular weight excluding hydrogens is 371 g/mol. The van der Waals surface area contributed by atoms with Gasteiger partial charge in [-0.25, -0.2) is 14.4 Å². The molecule has 0 aliphatic carbocycles. The molecule has 2 aromatic heterocycles. The molecule has 28 heavy (non-hydrogen) atoms. The van der Waals surface area contributed by atoms with Crippen molar-refractivity contribution in [2.45, 2.75) is 6.04 Å². The van der Waals surface area contributed by atoms with Crippen molar-refractivity contribution >= 4 is 27.4 Å². The van der Waals surface area contributed by atoms with Crippen molar-refractivity contribution in [1.29, 1.82) is 0 Å². The van der Waals surface area contributed by atoms with Gasteiger partial charge in [0.25, 0.3) is 0 Å². The monoisotopic (exact) mass is 393 g/mol. The Balaban J connectivity index is 1.61. The third-order valence-electron chi connectivity index (χ3n) is 4.81. The molecule has 1 atom stereocenters. The molecule has 0 fully saturated rings. The van der Waals surface area contributed by atoms with Crippen LogP contribution in [0.4, 0.5) is 10.2 Å². The Morgan fingerprint density at radius 2 is 1.79 bits per heavy atom. The molecule has 0 saturated heterocycles. The van der Waals surface area contributed by atoms with E-state index >= 15 is 0 Å². The summed E-state index contributed by atoms with van der Waals surface area (Å²) in [6.07, 6.45) is 1.59. The molecule has 0 unspecified atom stereocenters. The first-order chi connectivity index (χ1) is 13.6. The molecule has 6 heteroatoms. The van der Waals surface area contributed by atoms with Gasteiger partial charge in [0.2, 0.25) is 0 Å². The van der Waals surface area contributed by atoms with E-state index in [1.807, 2.05) is 12.1 Å². The predicted molar refractivity (Wildman–Crippen MR) is 113 cm³/mol. The molecule has 0 amide bonds. The molecule has 2 N–H and O–H groups in total. The minimum absolute atomic E-state index is 0.231. The van der Waals surface area contributed by atoms with Gasteiger partial charge in [0.15, 0.2) is 0 Å². The Bertz CT molecular complexity index is 1060. The number of benzene rings is 2. The number of halogens is 1. The first-order valence-electron chi connectivity index (χ1n) is 9.21. The normalized spacial score (nSPS) is 12.4. The van der Waals surface area contributed by atoms with Gasteiger partial charge in [-0.1, -0.05) is 42.5 Å². The molecular formula is C22H22FN4S+. The summed E-state index contributed by atoms with van der Waals surface area (Å²) in [6, 6.07) is 19.4. The van der Waals surface area contributed by atoms with Crippen LogP contribution in [0.15, 0.2) is 67.0 Å². The van der Waals surface area contributed by atoms with Gasteiger partial charge in [-0.05, 0) is 23.8 Å². The maximum Gasteiger partial charge on any atom is 0.147 e. The topological polar surface area (TPSA) is 42.2 Å². The quantitative estimate of drug-likeness (QED) is 0.524. The lowest BCUT2D eigenvalue weighted by Crippen LogP contribution is -3.06. The van der Waals surface area contributed by atoms with Crippen LogP contribution >= 0.6 is 11.3 Å². The van der Waals surface area contributed by atoms with Crippen LogP contribution in [0, 0.1) is 5.82 Å². The van der Waals surface area contributed by atoms with Crippen molar-refractivity contribution in [3.05, 3.63) is 78.4 Å². The number of rotatable bonds is 6. The van der Waals surface area contributed by atoms with E-state index in [0.29, 0.717) is 6.04 Å². The second-order valence-electron chi connectivity index (χ2n) is 6.98. The van der Waals surface area contributed by atoms with E-state index in [2.05, 4.69) is 53.6 Å². The van der Waals surface area contributed by atoms with Gasteiger partial charge < -0.3 is 10.2 Å². The minimum atomic E-state index is -0.231. The Kier molecular flexibility index (Phi) is 5.32. The lowest BCUT2D eigenvalue weighted by atomic mass is 10.1. The van der Waals surface area contributed by atoms with Crippen LogP contribution in [0.2, 0.25) is 0 Å². The molecule has 0 aliphatic rings. The number of aromatic nitrogens is 2. The molecule has 4 nitrogen and oxygen atoms in total. The van der Waals surface area contributed by atoms with Crippen LogP contribution in [-0.2, 0) is 0 Å². The number of thiophene rings is 1. The number of hydrogen-bond donors (Lipinski definition) is 2. The number of likely N-dealkylation sites (N-methyl/N-ethyl adjacent to an activating group) is 1. The van der Waals surface area contributed by atoms with Crippen LogP contribution in [-0.4, -0.2) is 30.6 Å². The summed E-state index contributed by atoms with van der Waals surface area (Å²) in [5.74, 6) is 0.607. The molecule has 4 aromatic rings. The summed E-state index contributed by atoms with van der Waals surface area (Å²) in [5, 5.41) is 3.52. The van der Waals surface area contributed by atoms with E-state index in [9.17, 15) is 4.39 Å². The predicted octanol–water partition coefficient (Wildman–Crippen LogP) is 3.80. The highest BCUT2D eigenvalue weighted by molar-refractivity contribution is 7.22. The fraction of sp³-hybridized carbons (Fsp3) is 0.182. The Morgan fingerprint density at radius 3 is 2.50 bits per heavy atom. The summed E-state index contributed by atoms with van der Waals surface area (Å²) in [4.78, 5) is 11.3. The number of fused-ring (bicyclic) bond motifs is 1. The first kappa shape index (κ1) is 18.5. The highest BCUT2D eigenvalue weighted by Crippen LogP contribution is 2.35. The fourth-order valence-electron chi connectivity index (χ4n) is 3.28. The van der Waals surface area contributed by atoms with Crippen LogP contribution in [0.3, 0.4) is 0 Å². The number of anilines is 1. The van der Waals surface area contributed by atoms with Gasteiger partial charge in [0.1, 0.15) is 24.0 Å². The van der Waals surface area contributed by atoms with Crippen LogP contribution in [0.25, 0.3) is 20.7 Å². The summed E-state index contributed by atoms with van der Waals surface area (Å²) in [7, 11) is 4.32. The van der Waals surface area contributed by atoms with E-state index in [0.717, 1.165) is 33.0 Å². The summed E-state index contributed by atoms with van der Waals surface area (Å²) in [5.41, 5.74) is 3.17. The number of quaternary nitrogens is 1. The van der Waals surface area contributed by atoms with E-state index < -0.39 is 0 Å². The van der Waals surface area contributed by atoms with Crippen molar-refractivity contribution in [2.24, 2.45) is 0 Å². The Morgan fingerprint density at radius 1 is 1.04 bits per heavy atom. The molecule has 142 valence electrons. The van der Waals surface area contributed by atoms with Gasteiger partial charge in [0, 0.05) is 10.4 Å². The highest BCUT2D eigenvalue weighted by atomic mass is 32.1. The Labute approximate surface area is 167 Å². The summed E-state index contributed by atoms with van der Waals surface area (Å²) in [6.45, 7) is 0.766. The molecule has 0 bridgehead atoms. The van der Waals surface area contributed by atoms with E-state index in [-0.39, 0.29) is 5.82 Å². The average Bonchev–Trinajstić information content (AvgIpc) is 3.14. The zero-order valence-electron chi connectivity index (χ0n) is 15.8. The van der Waals surface area contributed by atoms with Crippen molar-refractivity contribution in [3.8, 4) is 10.4 Å². The molecule has 0 spiro atoms. The maximum absolute atomic E-state index is 13.2. The van der Waals surface area contributed by atoms with Crippen molar-refractivity contribution in [1.82, 2.24) is 9.97 Å². The van der Waals surface area contributed by atoms with Gasteiger partial charge in [-0.15, -0.1) is 11.3 Å². The van der Waals surface area contributed by atoms with Gasteiger partial charge in [-0.2, -0.15) is 0 Å². The molecule has 2 heterocycles. The van der Waals surface area contributed by atoms with E-state index in [1.165, 1.54) is 22.6 Å². The van der Waals surface area contributed by atoms with Crippen molar-refractivity contribution in [3.63, 3.8) is 0 Å². The number of nitrogens with one attached hydrogen (secondary N) is 2. The van der Waals surface area contributed by atoms with Crippen molar-refractivity contribution < 1.29 is 9.29 Å². The molecule has 0 aliphatic heterocycles. The van der Waals surface area contributed by atoms with E-state index in [1.54, 1.807) is 29.8 Å². The SMILES string of the molecule is C[NH+](C)[C@H](CNc1ncnc2cc(-c3ccc(F)cc3)sc12)c1ccccc1. The lowest BCUT2D eigenvalue weighted by Gasteiger charge is -2.22. The Hall–Kier alpha value is -2.83. The second-order valence-corrected chi connectivity index (χ2v) is 8.03. The minimum Gasteiger partial charge on any atom is -0.362 e. The van der Waals surface area contributed by atoms with Gasteiger partial charge >= 0.3 is 0 Å². The second kappa shape index (κ2) is 8.04. The zero-order chi connectivity index (χ0) is 19.5. The third kappa shape index (κ3) is 3.88. The number of nitrogens with zero attached hydrogens (tertiary/aromatic N) is 2. The molecule has 2 aromatic carbocycles. The maximum atomic E-state index is 13.2. The largest absolute Gasteiger partial charge is 0.362 e.